The van der Waals surface area contributed by atoms with E-state index < -0.39 is 0 Å². The first-order valence-electron chi connectivity index (χ1n) is 3.13. The SMILES string of the molecule is CSC(N=C=O)SC(N=C=O)SC. The van der Waals surface area contributed by atoms with Crippen LogP contribution < -0.4 is 0 Å². The Labute approximate surface area is 89.0 Å². The maximum Gasteiger partial charge on any atom is 0.236 e. The summed E-state index contributed by atoms with van der Waals surface area (Å²) < 4.78 is -0.515. The summed E-state index contributed by atoms with van der Waals surface area (Å²) in [5, 5.41) is 0. The second-order valence-corrected chi connectivity index (χ2v) is 5.26. The average molecular weight is 236 g/mol. The largest absolute Gasteiger partial charge is 0.236 e. The smallest absolute Gasteiger partial charge is 0.211 e. The fourth-order valence-corrected chi connectivity index (χ4v) is 2.90. The van der Waals surface area contributed by atoms with Gasteiger partial charge in [0, 0.05) is 0 Å². The summed E-state index contributed by atoms with van der Waals surface area (Å²) in [5.74, 6) is 0. The topological polar surface area (TPSA) is 58.9 Å². The van der Waals surface area contributed by atoms with E-state index in [4.69, 9.17) is 0 Å². The maximum atomic E-state index is 9.97. The van der Waals surface area contributed by atoms with E-state index in [1.54, 1.807) is 0 Å². The zero-order chi connectivity index (χ0) is 10.1. The molecule has 0 rings (SSSR count). The van der Waals surface area contributed by atoms with Crippen LogP contribution in [-0.4, -0.2) is 34.1 Å². The van der Waals surface area contributed by atoms with Gasteiger partial charge in [-0.15, -0.1) is 23.5 Å². The van der Waals surface area contributed by atoms with Crippen molar-refractivity contribution in [3.05, 3.63) is 0 Å². The summed E-state index contributed by atoms with van der Waals surface area (Å²) in [6.07, 6.45) is 6.59. The number of hydrogen-bond donors (Lipinski definition) is 0. The van der Waals surface area contributed by atoms with Gasteiger partial charge < -0.3 is 0 Å². The molecule has 0 aliphatic rings. The van der Waals surface area contributed by atoms with Crippen molar-refractivity contribution in [2.45, 2.75) is 9.41 Å². The van der Waals surface area contributed by atoms with Gasteiger partial charge in [-0.1, -0.05) is 11.8 Å². The summed E-state index contributed by atoms with van der Waals surface area (Å²) in [6, 6.07) is 0. The molecule has 0 aliphatic carbocycles. The van der Waals surface area contributed by atoms with Crippen LogP contribution >= 0.6 is 35.3 Å². The first-order valence-corrected chi connectivity index (χ1v) is 6.65. The molecular formula is C6H8N2O2S3. The molecule has 0 heterocycles. The van der Waals surface area contributed by atoms with Crippen molar-refractivity contribution in [2.24, 2.45) is 9.98 Å². The molecule has 13 heavy (non-hydrogen) atoms. The quantitative estimate of drug-likeness (QED) is 0.399. The summed E-state index contributed by atoms with van der Waals surface area (Å²) in [6.45, 7) is 0. The number of hydrogen-bond acceptors (Lipinski definition) is 7. The molecule has 0 aromatic heterocycles. The summed E-state index contributed by atoms with van der Waals surface area (Å²) in [7, 11) is 0. The Morgan fingerprint density at radius 2 is 1.38 bits per heavy atom. The molecule has 0 N–H and O–H groups in total. The number of carbonyl (C=O) groups excluding carboxylic acids is 2. The van der Waals surface area contributed by atoms with Crippen LogP contribution in [0.1, 0.15) is 0 Å². The summed E-state index contributed by atoms with van der Waals surface area (Å²) in [5.41, 5.74) is 0. The van der Waals surface area contributed by atoms with Crippen molar-refractivity contribution in [2.75, 3.05) is 12.5 Å². The fourth-order valence-electron chi connectivity index (χ4n) is 0.463. The minimum absolute atomic E-state index is 0.257. The number of rotatable bonds is 6. The Kier molecular flexibility index (Phi) is 8.29. The molecular weight excluding hydrogens is 228 g/mol. The molecule has 0 saturated carbocycles. The van der Waals surface area contributed by atoms with Crippen molar-refractivity contribution in [1.29, 1.82) is 0 Å². The van der Waals surface area contributed by atoms with E-state index >= 15 is 0 Å². The van der Waals surface area contributed by atoms with E-state index in [9.17, 15) is 9.59 Å². The molecule has 0 fully saturated rings. The van der Waals surface area contributed by atoms with E-state index in [1.165, 1.54) is 47.4 Å². The monoisotopic (exact) mass is 236 g/mol. The van der Waals surface area contributed by atoms with Crippen LogP contribution in [0, 0.1) is 0 Å². The molecule has 0 saturated heterocycles. The highest BCUT2D eigenvalue weighted by molar-refractivity contribution is 8.23. The molecule has 4 nitrogen and oxygen atoms in total. The van der Waals surface area contributed by atoms with Crippen LogP contribution in [0.3, 0.4) is 0 Å². The summed E-state index contributed by atoms with van der Waals surface area (Å²) in [4.78, 5) is 27.0. The van der Waals surface area contributed by atoms with Crippen LogP contribution in [0.5, 0.6) is 0 Å². The normalized spacial score (nSPS) is 13.7. The van der Waals surface area contributed by atoms with E-state index in [2.05, 4.69) is 9.98 Å². The van der Waals surface area contributed by atoms with Gasteiger partial charge >= 0.3 is 0 Å². The van der Waals surface area contributed by atoms with Crippen LogP contribution in [0.15, 0.2) is 9.98 Å². The lowest BCUT2D eigenvalue weighted by molar-refractivity contribution is 0.563. The minimum atomic E-state index is -0.257. The fraction of sp³-hybridized carbons (Fsp3) is 0.667. The Morgan fingerprint density at radius 1 is 1.00 bits per heavy atom. The standard InChI is InChI=1S/C6H8N2O2S3/c1-11-5(7-3-9)13-6(12-2)8-4-10/h5-6H,1-2H3. The van der Waals surface area contributed by atoms with Crippen LogP contribution in [0.4, 0.5) is 0 Å². The Bertz CT molecular complexity index is 212. The molecule has 0 aromatic carbocycles. The first-order chi connectivity index (χ1) is 6.28. The van der Waals surface area contributed by atoms with E-state index in [0.717, 1.165) is 0 Å². The lowest BCUT2D eigenvalue weighted by Gasteiger charge is -2.10. The molecule has 0 bridgehead atoms. The van der Waals surface area contributed by atoms with Gasteiger partial charge in [-0.05, 0) is 12.5 Å². The van der Waals surface area contributed by atoms with E-state index in [0.29, 0.717) is 0 Å². The lowest BCUT2D eigenvalue weighted by atomic mass is 11.3. The third kappa shape index (κ3) is 5.96. The molecule has 0 aliphatic heterocycles. The Hall–Kier alpha value is -0.190. The predicted molar refractivity (Wildman–Crippen MR) is 58.4 cm³/mol. The molecule has 0 radical (unpaired) electrons. The van der Waals surface area contributed by atoms with Crippen LogP contribution in [0.25, 0.3) is 0 Å². The second kappa shape index (κ2) is 8.41. The molecule has 2 unspecified atom stereocenters. The number of thioether (sulfide) groups is 3. The van der Waals surface area contributed by atoms with E-state index in [-0.39, 0.29) is 9.41 Å². The van der Waals surface area contributed by atoms with Gasteiger partial charge in [0.25, 0.3) is 0 Å². The van der Waals surface area contributed by atoms with Crippen molar-refractivity contribution < 1.29 is 9.59 Å². The molecule has 0 aromatic rings. The zero-order valence-electron chi connectivity index (χ0n) is 7.09. The number of isocyanates is 2. The third-order valence-electron chi connectivity index (χ3n) is 0.952. The predicted octanol–water partition coefficient (Wildman–Crippen LogP) is 1.68. The van der Waals surface area contributed by atoms with Gasteiger partial charge in [-0.2, -0.15) is 9.98 Å². The van der Waals surface area contributed by atoms with Crippen molar-refractivity contribution in [3.63, 3.8) is 0 Å². The van der Waals surface area contributed by atoms with Crippen molar-refractivity contribution in [3.8, 4) is 0 Å². The highest BCUT2D eigenvalue weighted by Gasteiger charge is 2.13. The Morgan fingerprint density at radius 3 is 1.62 bits per heavy atom. The van der Waals surface area contributed by atoms with Gasteiger partial charge in [0.15, 0.2) is 9.41 Å². The van der Waals surface area contributed by atoms with E-state index in [1.807, 2.05) is 12.5 Å². The Balaban J connectivity index is 4.17. The maximum absolute atomic E-state index is 9.97. The molecule has 2 atom stereocenters. The zero-order valence-corrected chi connectivity index (χ0v) is 9.54. The van der Waals surface area contributed by atoms with Gasteiger partial charge in [-0.25, -0.2) is 9.59 Å². The van der Waals surface area contributed by atoms with Gasteiger partial charge in [-0.3, -0.25) is 0 Å². The second-order valence-electron chi connectivity index (χ2n) is 1.66. The lowest BCUT2D eigenvalue weighted by Crippen LogP contribution is -1.99. The highest BCUT2D eigenvalue weighted by Crippen LogP contribution is 2.32. The van der Waals surface area contributed by atoms with Crippen LogP contribution in [0.2, 0.25) is 0 Å². The highest BCUT2D eigenvalue weighted by atomic mass is 32.2. The number of nitrogens with zero attached hydrogens (tertiary/aromatic N) is 2. The summed E-state index contributed by atoms with van der Waals surface area (Å²) >= 11 is 4.10. The average Bonchev–Trinajstić information content (AvgIpc) is 2.16. The molecule has 72 valence electrons. The third-order valence-corrected chi connectivity index (χ3v) is 4.47. The first kappa shape index (κ1) is 12.8. The molecule has 7 heteroatoms. The van der Waals surface area contributed by atoms with Crippen molar-refractivity contribution >= 4 is 47.4 Å². The number of aliphatic imine (C=N–C) groups is 2. The van der Waals surface area contributed by atoms with Gasteiger partial charge in [0.2, 0.25) is 12.2 Å². The van der Waals surface area contributed by atoms with Crippen molar-refractivity contribution in [1.82, 2.24) is 0 Å². The molecule has 0 spiro atoms. The van der Waals surface area contributed by atoms with Gasteiger partial charge in [0.05, 0.1) is 0 Å². The minimum Gasteiger partial charge on any atom is -0.211 e. The molecule has 0 amide bonds. The van der Waals surface area contributed by atoms with Crippen LogP contribution in [-0.2, 0) is 9.59 Å². The van der Waals surface area contributed by atoms with Gasteiger partial charge in [0.1, 0.15) is 0 Å².